The number of carbonyl (C=O) groups is 1. The van der Waals surface area contributed by atoms with E-state index in [2.05, 4.69) is 27.2 Å². The van der Waals surface area contributed by atoms with Crippen molar-refractivity contribution in [2.24, 2.45) is 0 Å². The molecule has 7 nitrogen and oxygen atoms in total. The Morgan fingerprint density at radius 2 is 2.23 bits per heavy atom. The topological polar surface area (TPSA) is 74.3 Å². The minimum Gasteiger partial charge on any atom is -0.378 e. The van der Waals surface area contributed by atoms with Crippen LogP contribution in [0.15, 0.2) is 18.2 Å². The van der Waals surface area contributed by atoms with Gasteiger partial charge in [0.2, 0.25) is 0 Å². The molecule has 116 valence electrons. The van der Waals surface area contributed by atoms with Gasteiger partial charge in [0.25, 0.3) is 5.91 Å². The fourth-order valence-electron chi connectivity index (χ4n) is 3.46. The van der Waals surface area contributed by atoms with Crippen molar-refractivity contribution in [3.8, 4) is 0 Å². The lowest BCUT2D eigenvalue weighted by Crippen LogP contribution is -2.62. The van der Waals surface area contributed by atoms with Crippen LogP contribution >= 0.6 is 0 Å². The lowest BCUT2D eigenvalue weighted by molar-refractivity contribution is -0.0699. The van der Waals surface area contributed by atoms with E-state index in [1.807, 2.05) is 23.1 Å². The van der Waals surface area contributed by atoms with E-state index >= 15 is 0 Å². The Bertz CT molecular complexity index is 700. The second-order valence-electron chi connectivity index (χ2n) is 6.03. The Morgan fingerprint density at radius 1 is 1.32 bits per heavy atom. The number of aromatic nitrogens is 3. The predicted molar refractivity (Wildman–Crippen MR) is 80.6 cm³/mol. The SMILES string of the molecule is C[C@H]1COC[C@H]2CN(C(=O)c3cccc4n[nH]nc34)CCN21. The summed E-state index contributed by atoms with van der Waals surface area (Å²) in [7, 11) is 0. The third-order valence-electron chi connectivity index (χ3n) is 4.63. The highest BCUT2D eigenvalue weighted by molar-refractivity contribution is 6.04. The number of nitrogens with one attached hydrogen (secondary N) is 1. The van der Waals surface area contributed by atoms with E-state index in [0.29, 0.717) is 30.3 Å². The third-order valence-corrected chi connectivity index (χ3v) is 4.63. The molecule has 0 bridgehead atoms. The zero-order valence-electron chi connectivity index (χ0n) is 12.5. The fraction of sp³-hybridized carbons (Fsp3) is 0.533. The second-order valence-corrected chi connectivity index (χ2v) is 6.03. The molecule has 22 heavy (non-hydrogen) atoms. The van der Waals surface area contributed by atoms with Crippen LogP contribution < -0.4 is 0 Å². The Morgan fingerprint density at radius 3 is 3.14 bits per heavy atom. The molecular formula is C15H19N5O2. The van der Waals surface area contributed by atoms with Gasteiger partial charge < -0.3 is 9.64 Å². The molecule has 0 radical (unpaired) electrons. The van der Waals surface area contributed by atoms with Crippen LogP contribution in [-0.4, -0.2) is 76.0 Å². The number of amides is 1. The van der Waals surface area contributed by atoms with Crippen molar-refractivity contribution in [3.05, 3.63) is 23.8 Å². The number of aromatic amines is 1. The number of H-pyrrole nitrogens is 1. The zero-order chi connectivity index (χ0) is 15.1. The van der Waals surface area contributed by atoms with E-state index in [-0.39, 0.29) is 11.9 Å². The van der Waals surface area contributed by atoms with Crippen molar-refractivity contribution in [1.29, 1.82) is 0 Å². The number of rotatable bonds is 1. The number of carbonyl (C=O) groups excluding carboxylic acids is 1. The zero-order valence-corrected chi connectivity index (χ0v) is 12.5. The van der Waals surface area contributed by atoms with Crippen molar-refractivity contribution >= 4 is 16.9 Å². The van der Waals surface area contributed by atoms with Gasteiger partial charge in [-0.05, 0) is 19.1 Å². The summed E-state index contributed by atoms with van der Waals surface area (Å²) in [5.41, 5.74) is 1.98. The van der Waals surface area contributed by atoms with E-state index in [4.69, 9.17) is 4.74 Å². The normalized spacial score (nSPS) is 26.1. The van der Waals surface area contributed by atoms with Crippen molar-refractivity contribution in [2.45, 2.75) is 19.0 Å². The fourth-order valence-corrected chi connectivity index (χ4v) is 3.46. The molecule has 2 saturated heterocycles. The van der Waals surface area contributed by atoms with Crippen LogP contribution in [0.4, 0.5) is 0 Å². The summed E-state index contributed by atoms with van der Waals surface area (Å²) in [4.78, 5) is 17.2. The Hall–Kier alpha value is -1.99. The number of nitrogens with zero attached hydrogens (tertiary/aromatic N) is 4. The smallest absolute Gasteiger partial charge is 0.256 e. The molecule has 2 aromatic rings. The molecule has 0 spiro atoms. The molecule has 3 heterocycles. The maximum atomic E-state index is 12.9. The molecule has 0 aliphatic carbocycles. The lowest BCUT2D eigenvalue weighted by atomic mass is 10.1. The summed E-state index contributed by atoms with van der Waals surface area (Å²) >= 11 is 0. The average molecular weight is 301 g/mol. The number of fused-ring (bicyclic) bond motifs is 2. The molecule has 1 amide bonds. The first-order valence-corrected chi connectivity index (χ1v) is 7.66. The summed E-state index contributed by atoms with van der Waals surface area (Å²) in [5, 5.41) is 10.7. The molecule has 2 atom stereocenters. The van der Waals surface area contributed by atoms with Crippen LogP contribution in [0.1, 0.15) is 17.3 Å². The van der Waals surface area contributed by atoms with E-state index in [9.17, 15) is 4.79 Å². The van der Waals surface area contributed by atoms with Crippen molar-refractivity contribution in [3.63, 3.8) is 0 Å². The minimum absolute atomic E-state index is 0.0253. The van der Waals surface area contributed by atoms with Crippen LogP contribution in [0.3, 0.4) is 0 Å². The molecule has 4 rings (SSSR count). The van der Waals surface area contributed by atoms with Crippen LogP contribution in [0.25, 0.3) is 11.0 Å². The number of piperazine rings is 1. The van der Waals surface area contributed by atoms with Gasteiger partial charge in [0.1, 0.15) is 11.0 Å². The van der Waals surface area contributed by atoms with Gasteiger partial charge in [-0.2, -0.15) is 15.4 Å². The number of morpholine rings is 1. The van der Waals surface area contributed by atoms with Crippen molar-refractivity contribution < 1.29 is 9.53 Å². The van der Waals surface area contributed by atoms with Crippen LogP contribution in [0, 0.1) is 0 Å². The average Bonchev–Trinajstić information content (AvgIpc) is 3.02. The number of hydrogen-bond acceptors (Lipinski definition) is 5. The van der Waals surface area contributed by atoms with Gasteiger partial charge in [-0.3, -0.25) is 9.69 Å². The van der Waals surface area contributed by atoms with Crippen molar-refractivity contribution in [1.82, 2.24) is 25.2 Å². The monoisotopic (exact) mass is 301 g/mol. The first-order chi connectivity index (χ1) is 10.7. The predicted octanol–water partition coefficient (Wildman–Crippen LogP) is 0.503. The van der Waals surface area contributed by atoms with Gasteiger partial charge in [-0.25, -0.2) is 0 Å². The molecule has 7 heteroatoms. The molecule has 0 saturated carbocycles. The number of hydrogen-bond donors (Lipinski definition) is 1. The Labute approximate surface area is 128 Å². The summed E-state index contributed by atoms with van der Waals surface area (Å²) in [6.07, 6.45) is 0. The number of para-hydroxylation sites is 1. The van der Waals surface area contributed by atoms with Gasteiger partial charge in [0, 0.05) is 25.7 Å². The number of ether oxygens (including phenoxy) is 1. The minimum atomic E-state index is 0.0253. The highest BCUT2D eigenvalue weighted by atomic mass is 16.5. The molecule has 1 N–H and O–H groups in total. The quantitative estimate of drug-likeness (QED) is 0.830. The Kier molecular flexibility index (Phi) is 3.31. The van der Waals surface area contributed by atoms with E-state index < -0.39 is 0 Å². The molecular weight excluding hydrogens is 282 g/mol. The maximum Gasteiger partial charge on any atom is 0.256 e. The van der Waals surface area contributed by atoms with Crippen LogP contribution in [-0.2, 0) is 4.74 Å². The standard InChI is InChI=1S/C15H19N5O2/c1-10-8-22-9-11-7-19(5-6-20(10)11)15(21)12-3-2-4-13-14(12)17-18-16-13/h2-4,10-11H,5-9H2,1H3,(H,16,17,18)/t10-,11+/m0/s1. The van der Waals surface area contributed by atoms with Gasteiger partial charge >= 0.3 is 0 Å². The maximum absolute atomic E-state index is 12.9. The van der Waals surface area contributed by atoms with Gasteiger partial charge in [-0.15, -0.1) is 0 Å². The first-order valence-electron chi connectivity index (χ1n) is 7.66. The first kappa shape index (κ1) is 13.7. The summed E-state index contributed by atoms with van der Waals surface area (Å²) < 4.78 is 5.64. The summed E-state index contributed by atoms with van der Waals surface area (Å²) in [6, 6.07) is 6.23. The highest BCUT2D eigenvalue weighted by Crippen LogP contribution is 2.21. The molecule has 1 aromatic heterocycles. The molecule has 2 aliphatic rings. The van der Waals surface area contributed by atoms with Gasteiger partial charge in [-0.1, -0.05) is 6.07 Å². The molecule has 1 aromatic carbocycles. The number of benzene rings is 1. The molecule has 2 aliphatic heterocycles. The van der Waals surface area contributed by atoms with Gasteiger partial charge in [0.15, 0.2) is 0 Å². The summed E-state index contributed by atoms with van der Waals surface area (Å²) in [6.45, 7) is 6.01. The largest absolute Gasteiger partial charge is 0.378 e. The Balaban J connectivity index is 1.57. The summed E-state index contributed by atoms with van der Waals surface area (Å²) in [5.74, 6) is 0.0253. The van der Waals surface area contributed by atoms with Crippen LogP contribution in [0.5, 0.6) is 0 Å². The van der Waals surface area contributed by atoms with Crippen LogP contribution in [0.2, 0.25) is 0 Å². The molecule has 2 fully saturated rings. The highest BCUT2D eigenvalue weighted by Gasteiger charge is 2.35. The van der Waals surface area contributed by atoms with E-state index in [1.165, 1.54) is 0 Å². The third kappa shape index (κ3) is 2.17. The molecule has 0 unspecified atom stereocenters. The van der Waals surface area contributed by atoms with Crippen molar-refractivity contribution in [2.75, 3.05) is 32.8 Å². The van der Waals surface area contributed by atoms with E-state index in [1.54, 1.807) is 0 Å². The van der Waals surface area contributed by atoms with E-state index in [0.717, 1.165) is 25.2 Å². The second kappa shape index (κ2) is 5.33. The lowest BCUT2D eigenvalue weighted by Gasteiger charge is -2.46. The van der Waals surface area contributed by atoms with Gasteiger partial charge in [0.05, 0.1) is 24.8 Å².